The van der Waals surface area contributed by atoms with E-state index in [1.54, 1.807) is 0 Å². The number of thioether (sulfide) groups is 1. The van der Waals surface area contributed by atoms with E-state index in [2.05, 4.69) is 50.3 Å². The highest BCUT2D eigenvalue weighted by molar-refractivity contribution is 8.00. The van der Waals surface area contributed by atoms with Crippen molar-refractivity contribution < 1.29 is 0 Å². The van der Waals surface area contributed by atoms with Gasteiger partial charge in [0.2, 0.25) is 0 Å². The van der Waals surface area contributed by atoms with Gasteiger partial charge in [-0.25, -0.2) is 0 Å². The van der Waals surface area contributed by atoms with Crippen LogP contribution in [-0.2, 0) is 0 Å². The largest absolute Gasteiger partial charge is 0.117 e. The molecule has 0 radical (unpaired) electrons. The molecule has 1 aliphatic heterocycles. The average molecular weight is 214 g/mol. The summed E-state index contributed by atoms with van der Waals surface area (Å²) < 4.78 is 0. The van der Waals surface area contributed by atoms with Gasteiger partial charge in [0.15, 0.2) is 0 Å². The highest BCUT2D eigenvalue weighted by Gasteiger charge is 2.31. The van der Waals surface area contributed by atoms with Crippen LogP contribution in [0.5, 0.6) is 0 Å². The Hall–Kier alpha value is -0.950. The molecule has 0 spiro atoms. The lowest BCUT2D eigenvalue weighted by Gasteiger charge is -2.17. The minimum atomic E-state index is 0.606. The number of rotatable bonds is 0. The quantitative estimate of drug-likeness (QED) is 0.627. The van der Waals surface area contributed by atoms with Crippen LogP contribution in [0.3, 0.4) is 0 Å². The molecule has 2 unspecified atom stereocenters. The molecule has 0 N–H and O–H groups in total. The number of hydrogen-bond donors (Lipinski definition) is 0. The molecule has 2 aliphatic rings. The van der Waals surface area contributed by atoms with E-state index >= 15 is 0 Å². The zero-order valence-electron chi connectivity index (χ0n) is 9.03. The zero-order chi connectivity index (χ0) is 10.4. The van der Waals surface area contributed by atoms with Crippen molar-refractivity contribution in [1.29, 1.82) is 0 Å². The summed E-state index contributed by atoms with van der Waals surface area (Å²) >= 11 is 2.00. The first-order valence-electron chi connectivity index (χ1n) is 5.38. The third-order valence-electron chi connectivity index (χ3n) is 3.13. The summed E-state index contributed by atoms with van der Waals surface area (Å²) in [6.07, 6.45) is 7.00. The second-order valence-corrected chi connectivity index (χ2v) is 5.64. The normalized spacial score (nSPS) is 27.2. The molecular formula is C14H14S. The summed E-state index contributed by atoms with van der Waals surface area (Å²) in [6.45, 7) is 4.36. The number of benzene rings is 1. The van der Waals surface area contributed by atoms with Crippen LogP contribution in [-0.4, -0.2) is 5.25 Å². The van der Waals surface area contributed by atoms with Gasteiger partial charge in [-0.2, -0.15) is 0 Å². The molecule has 0 bridgehead atoms. The fourth-order valence-corrected chi connectivity index (χ4v) is 3.66. The molecular weight excluding hydrogens is 200 g/mol. The van der Waals surface area contributed by atoms with Gasteiger partial charge >= 0.3 is 0 Å². The zero-order valence-corrected chi connectivity index (χ0v) is 9.84. The lowest BCUT2D eigenvalue weighted by molar-refractivity contribution is 0.868. The van der Waals surface area contributed by atoms with Gasteiger partial charge in [0.25, 0.3) is 0 Å². The molecule has 1 aliphatic carbocycles. The first-order chi connectivity index (χ1) is 7.24. The van der Waals surface area contributed by atoms with E-state index in [1.807, 2.05) is 11.8 Å². The van der Waals surface area contributed by atoms with Crippen molar-refractivity contribution in [1.82, 2.24) is 0 Å². The molecule has 0 saturated heterocycles. The van der Waals surface area contributed by atoms with Crippen LogP contribution in [0.2, 0.25) is 0 Å². The molecule has 1 heteroatoms. The molecule has 1 heterocycles. The van der Waals surface area contributed by atoms with Crippen LogP contribution >= 0.6 is 11.8 Å². The summed E-state index contributed by atoms with van der Waals surface area (Å²) in [4.78, 5) is 1.46. The van der Waals surface area contributed by atoms with Gasteiger partial charge in [0.1, 0.15) is 0 Å². The molecule has 0 saturated carbocycles. The van der Waals surface area contributed by atoms with E-state index in [0.29, 0.717) is 11.2 Å². The Morgan fingerprint density at radius 3 is 2.93 bits per heavy atom. The van der Waals surface area contributed by atoms with Crippen LogP contribution in [0.4, 0.5) is 0 Å². The molecule has 0 amide bonds. The SMILES string of the molecule is CC1=CC2c3cc(C)ccc3SC2C=C1. The molecule has 0 nitrogen and oxygen atoms in total. The van der Waals surface area contributed by atoms with E-state index in [1.165, 1.54) is 21.6 Å². The molecule has 0 fully saturated rings. The van der Waals surface area contributed by atoms with Crippen LogP contribution in [0.15, 0.2) is 46.9 Å². The second-order valence-electron chi connectivity index (χ2n) is 4.42. The number of allylic oxidation sites excluding steroid dienone is 3. The number of hydrogen-bond acceptors (Lipinski definition) is 1. The molecule has 1 aromatic carbocycles. The van der Waals surface area contributed by atoms with E-state index < -0.39 is 0 Å². The van der Waals surface area contributed by atoms with Crippen molar-refractivity contribution in [2.75, 3.05) is 0 Å². The van der Waals surface area contributed by atoms with Crippen molar-refractivity contribution in [2.24, 2.45) is 0 Å². The first kappa shape index (κ1) is 9.29. The van der Waals surface area contributed by atoms with E-state index in [-0.39, 0.29) is 0 Å². The summed E-state index contributed by atoms with van der Waals surface area (Å²) in [7, 11) is 0. The summed E-state index contributed by atoms with van der Waals surface area (Å²) in [5.74, 6) is 0.606. The highest BCUT2D eigenvalue weighted by Crippen LogP contribution is 2.48. The fourth-order valence-electron chi connectivity index (χ4n) is 2.36. The molecule has 76 valence electrons. The van der Waals surface area contributed by atoms with Gasteiger partial charge in [-0.3, -0.25) is 0 Å². The molecule has 1 aromatic rings. The predicted molar refractivity (Wildman–Crippen MR) is 66.5 cm³/mol. The van der Waals surface area contributed by atoms with Gasteiger partial charge in [0.05, 0.1) is 0 Å². The maximum Gasteiger partial charge on any atom is 0.0381 e. The summed E-state index contributed by atoms with van der Waals surface area (Å²) in [5.41, 5.74) is 4.29. The summed E-state index contributed by atoms with van der Waals surface area (Å²) in [5, 5.41) is 0.630. The van der Waals surface area contributed by atoms with Crippen molar-refractivity contribution in [3.8, 4) is 0 Å². The maximum atomic E-state index is 2.41. The lowest BCUT2D eigenvalue weighted by Crippen LogP contribution is -2.08. The Balaban J connectivity index is 2.11. The minimum absolute atomic E-state index is 0.606. The Morgan fingerprint density at radius 1 is 1.20 bits per heavy atom. The maximum absolute atomic E-state index is 2.41. The van der Waals surface area contributed by atoms with Gasteiger partial charge in [-0.05, 0) is 25.5 Å². The van der Waals surface area contributed by atoms with Gasteiger partial charge in [-0.1, -0.05) is 41.5 Å². The monoisotopic (exact) mass is 214 g/mol. The Labute approximate surface area is 95.1 Å². The average Bonchev–Trinajstić information content (AvgIpc) is 2.56. The first-order valence-corrected chi connectivity index (χ1v) is 6.26. The van der Waals surface area contributed by atoms with Crippen LogP contribution in [0.1, 0.15) is 24.0 Å². The number of fused-ring (bicyclic) bond motifs is 3. The lowest BCUT2D eigenvalue weighted by atomic mass is 9.89. The van der Waals surface area contributed by atoms with E-state index in [4.69, 9.17) is 0 Å². The minimum Gasteiger partial charge on any atom is -0.117 e. The molecule has 0 aromatic heterocycles. The Bertz CT molecular complexity index is 468. The van der Waals surface area contributed by atoms with Crippen LogP contribution < -0.4 is 0 Å². The van der Waals surface area contributed by atoms with Crippen LogP contribution in [0.25, 0.3) is 0 Å². The van der Waals surface area contributed by atoms with Crippen molar-refractivity contribution >= 4 is 11.8 Å². The van der Waals surface area contributed by atoms with Crippen molar-refractivity contribution in [3.05, 3.63) is 53.1 Å². The van der Waals surface area contributed by atoms with E-state index in [0.717, 1.165) is 0 Å². The topological polar surface area (TPSA) is 0 Å². The Morgan fingerprint density at radius 2 is 2.07 bits per heavy atom. The summed E-state index contributed by atoms with van der Waals surface area (Å²) in [6, 6.07) is 6.82. The van der Waals surface area contributed by atoms with Gasteiger partial charge < -0.3 is 0 Å². The van der Waals surface area contributed by atoms with Crippen LogP contribution in [0, 0.1) is 6.92 Å². The molecule has 3 rings (SSSR count). The molecule has 15 heavy (non-hydrogen) atoms. The van der Waals surface area contributed by atoms with Gasteiger partial charge in [-0.15, -0.1) is 11.8 Å². The third-order valence-corrected chi connectivity index (χ3v) is 4.48. The standard InChI is InChI=1S/C14H14S/c1-9-3-5-13-11(7-9)12-8-10(2)4-6-14(12)15-13/h3-8,11,13H,1-2H3. The third kappa shape index (κ3) is 1.46. The highest BCUT2D eigenvalue weighted by atomic mass is 32.2. The van der Waals surface area contributed by atoms with Crippen molar-refractivity contribution in [2.45, 2.75) is 29.9 Å². The van der Waals surface area contributed by atoms with Gasteiger partial charge in [0, 0.05) is 16.1 Å². The second kappa shape index (κ2) is 3.28. The number of aryl methyl sites for hydroxylation is 1. The predicted octanol–water partition coefficient (Wildman–Crippen LogP) is 4.07. The van der Waals surface area contributed by atoms with Crippen molar-refractivity contribution in [3.63, 3.8) is 0 Å². The fraction of sp³-hybridized carbons (Fsp3) is 0.286. The van der Waals surface area contributed by atoms with E-state index in [9.17, 15) is 0 Å². The molecule has 2 atom stereocenters. The smallest absolute Gasteiger partial charge is 0.0381 e. The Kier molecular flexibility index (Phi) is 2.03.